The summed E-state index contributed by atoms with van der Waals surface area (Å²) in [6.45, 7) is 3.83. The third-order valence-corrected chi connectivity index (χ3v) is 4.85. The maximum absolute atomic E-state index is 15.2. The number of nitrogens with zero attached hydrogens (tertiary/aromatic N) is 3. The van der Waals surface area contributed by atoms with Gasteiger partial charge in [0.15, 0.2) is 11.6 Å². The quantitative estimate of drug-likeness (QED) is 0.601. The van der Waals surface area contributed by atoms with Crippen LogP contribution < -0.4 is 26.4 Å². The van der Waals surface area contributed by atoms with Crippen LogP contribution in [0.1, 0.15) is 12.8 Å². The fourth-order valence-corrected chi connectivity index (χ4v) is 3.38. The van der Waals surface area contributed by atoms with E-state index in [9.17, 15) is 4.79 Å². The minimum absolute atomic E-state index is 0.0867. The number of pyridine rings is 1. The van der Waals surface area contributed by atoms with E-state index in [1.165, 1.54) is 0 Å². The average molecular weight is 389 g/mol. The number of aromatic nitrogens is 3. The zero-order valence-corrected chi connectivity index (χ0v) is 15.5. The Kier molecular flexibility index (Phi) is 5.68. The first-order chi connectivity index (χ1) is 13.7. The molecule has 1 atom stereocenters. The van der Waals surface area contributed by atoms with Gasteiger partial charge in [0, 0.05) is 31.9 Å². The number of ether oxygens (including phenoxy) is 1. The van der Waals surface area contributed by atoms with E-state index < -0.39 is 5.82 Å². The molecule has 28 heavy (non-hydrogen) atoms. The van der Waals surface area contributed by atoms with Gasteiger partial charge in [-0.2, -0.15) is 14.4 Å². The first kappa shape index (κ1) is 18.6. The van der Waals surface area contributed by atoms with Crippen LogP contribution in [0, 0.1) is 5.82 Å². The molecule has 2 saturated heterocycles. The highest BCUT2D eigenvalue weighted by atomic mass is 19.1. The molecule has 4 heterocycles. The van der Waals surface area contributed by atoms with Gasteiger partial charge in [-0.3, -0.25) is 4.79 Å². The van der Waals surface area contributed by atoms with E-state index in [2.05, 4.69) is 30.9 Å². The summed E-state index contributed by atoms with van der Waals surface area (Å²) in [7, 11) is 0. The summed E-state index contributed by atoms with van der Waals surface area (Å²) in [5.74, 6) is 0.0327. The Labute approximate surface area is 161 Å². The van der Waals surface area contributed by atoms with Gasteiger partial charge in [0.25, 0.3) is 5.56 Å². The summed E-state index contributed by atoms with van der Waals surface area (Å²) in [5.41, 5.74) is 0.00153. The number of rotatable bonds is 5. The molecular formula is C18H24FN7O2. The van der Waals surface area contributed by atoms with Crippen molar-refractivity contribution in [2.24, 2.45) is 0 Å². The van der Waals surface area contributed by atoms with Crippen LogP contribution in [-0.4, -0.2) is 60.4 Å². The molecule has 150 valence electrons. The number of nitrogens with one attached hydrogen (secondary N) is 4. The van der Waals surface area contributed by atoms with Crippen LogP contribution in [-0.2, 0) is 4.74 Å². The Morgan fingerprint density at radius 3 is 2.89 bits per heavy atom. The van der Waals surface area contributed by atoms with Crippen LogP contribution in [0.15, 0.2) is 23.1 Å². The molecule has 2 aromatic heterocycles. The van der Waals surface area contributed by atoms with Crippen molar-refractivity contribution in [3.8, 4) is 0 Å². The summed E-state index contributed by atoms with van der Waals surface area (Å²) in [4.78, 5) is 25.1. The molecule has 2 fully saturated rings. The number of aromatic amines is 1. The number of morpholine rings is 1. The number of hydrogen-bond donors (Lipinski definition) is 4. The molecule has 0 unspecified atom stereocenters. The van der Waals surface area contributed by atoms with Gasteiger partial charge in [-0.15, -0.1) is 0 Å². The molecule has 4 N–H and O–H groups in total. The molecule has 0 aromatic carbocycles. The van der Waals surface area contributed by atoms with Crippen LogP contribution in [0.4, 0.5) is 27.7 Å². The van der Waals surface area contributed by atoms with Gasteiger partial charge < -0.3 is 30.6 Å². The second kappa shape index (κ2) is 8.53. The molecule has 2 aliphatic rings. The summed E-state index contributed by atoms with van der Waals surface area (Å²) in [6, 6.07) is 3.41. The van der Waals surface area contributed by atoms with Gasteiger partial charge in [0.05, 0.1) is 13.2 Å². The lowest BCUT2D eigenvalue weighted by atomic mass is 10.1. The minimum atomic E-state index is -0.486. The van der Waals surface area contributed by atoms with Gasteiger partial charge >= 0.3 is 0 Å². The van der Waals surface area contributed by atoms with Crippen molar-refractivity contribution < 1.29 is 9.13 Å². The molecule has 2 aromatic rings. The van der Waals surface area contributed by atoms with Crippen molar-refractivity contribution in [2.75, 3.05) is 54.9 Å². The second-order valence-corrected chi connectivity index (χ2v) is 6.86. The summed E-state index contributed by atoms with van der Waals surface area (Å²) >= 11 is 0. The zero-order chi connectivity index (χ0) is 19.3. The van der Waals surface area contributed by atoms with Crippen molar-refractivity contribution in [3.05, 3.63) is 34.5 Å². The van der Waals surface area contributed by atoms with E-state index in [-0.39, 0.29) is 29.2 Å². The Balaban J connectivity index is 1.67. The van der Waals surface area contributed by atoms with Crippen LogP contribution in [0.2, 0.25) is 0 Å². The molecule has 2 aliphatic heterocycles. The smallest absolute Gasteiger partial charge is 0.271 e. The summed E-state index contributed by atoms with van der Waals surface area (Å²) < 4.78 is 20.6. The number of hydrogen-bond acceptors (Lipinski definition) is 8. The number of piperidine rings is 1. The van der Waals surface area contributed by atoms with E-state index in [4.69, 9.17) is 4.74 Å². The van der Waals surface area contributed by atoms with Crippen molar-refractivity contribution in [2.45, 2.75) is 18.9 Å². The molecule has 0 bridgehead atoms. The lowest BCUT2D eigenvalue weighted by molar-refractivity contribution is 0.122. The minimum Gasteiger partial charge on any atom is -0.378 e. The van der Waals surface area contributed by atoms with Crippen molar-refractivity contribution >= 4 is 23.3 Å². The van der Waals surface area contributed by atoms with Gasteiger partial charge in [-0.25, -0.2) is 0 Å². The first-order valence-electron chi connectivity index (χ1n) is 9.53. The predicted octanol–water partition coefficient (Wildman–Crippen LogP) is 1.05. The van der Waals surface area contributed by atoms with Crippen molar-refractivity contribution in [1.29, 1.82) is 0 Å². The fraction of sp³-hybridized carbons (Fsp3) is 0.500. The lowest BCUT2D eigenvalue weighted by Gasteiger charge is -2.29. The standard InChI is InChI=1S/C18H24FN7O2/c19-14-15(22-12-3-1-5-20-11-12)24-18(23-13-4-2-6-21-17(13)27)25-16(14)26-7-9-28-10-8-26/h2,4,6,12,20H,1,3,5,7-11H2,(H,21,27)(H2,22,23,24,25)/t12-/m1/s1. The van der Waals surface area contributed by atoms with Crippen molar-refractivity contribution in [3.63, 3.8) is 0 Å². The van der Waals surface area contributed by atoms with E-state index in [0.29, 0.717) is 32.0 Å². The number of halogens is 1. The van der Waals surface area contributed by atoms with Crippen molar-refractivity contribution in [1.82, 2.24) is 20.3 Å². The maximum atomic E-state index is 15.2. The normalized spacial score (nSPS) is 20.0. The van der Waals surface area contributed by atoms with E-state index in [1.807, 2.05) is 4.90 Å². The molecular weight excluding hydrogens is 365 g/mol. The highest BCUT2D eigenvalue weighted by Crippen LogP contribution is 2.27. The molecule has 9 nitrogen and oxygen atoms in total. The first-order valence-corrected chi connectivity index (χ1v) is 9.53. The monoisotopic (exact) mass is 389 g/mol. The SMILES string of the molecule is O=c1[nH]cccc1Nc1nc(N[C@@H]2CCCNC2)c(F)c(N2CCOCC2)n1. The van der Waals surface area contributed by atoms with Gasteiger partial charge in [0.2, 0.25) is 11.8 Å². The highest BCUT2D eigenvalue weighted by Gasteiger charge is 2.24. The second-order valence-electron chi connectivity index (χ2n) is 6.86. The Morgan fingerprint density at radius 1 is 1.29 bits per heavy atom. The van der Waals surface area contributed by atoms with E-state index in [0.717, 1.165) is 25.9 Å². The van der Waals surface area contributed by atoms with Crippen LogP contribution >= 0.6 is 0 Å². The Bertz CT molecular complexity index is 863. The third kappa shape index (κ3) is 4.23. The van der Waals surface area contributed by atoms with Crippen LogP contribution in [0.3, 0.4) is 0 Å². The third-order valence-electron chi connectivity index (χ3n) is 4.85. The Hall–Kier alpha value is -2.72. The van der Waals surface area contributed by atoms with Crippen LogP contribution in [0.25, 0.3) is 0 Å². The fourth-order valence-electron chi connectivity index (χ4n) is 3.38. The summed E-state index contributed by atoms with van der Waals surface area (Å²) in [5, 5.41) is 9.41. The summed E-state index contributed by atoms with van der Waals surface area (Å²) in [6.07, 6.45) is 3.50. The van der Waals surface area contributed by atoms with Gasteiger partial charge in [-0.05, 0) is 31.5 Å². The zero-order valence-electron chi connectivity index (χ0n) is 15.5. The maximum Gasteiger partial charge on any atom is 0.271 e. The predicted molar refractivity (Wildman–Crippen MR) is 105 cm³/mol. The molecule has 10 heteroatoms. The largest absolute Gasteiger partial charge is 0.378 e. The molecule has 0 spiro atoms. The lowest BCUT2D eigenvalue weighted by Crippen LogP contribution is -2.40. The number of anilines is 4. The molecule has 4 rings (SSSR count). The molecule has 0 amide bonds. The van der Waals surface area contributed by atoms with Gasteiger partial charge in [-0.1, -0.05) is 0 Å². The number of H-pyrrole nitrogens is 1. The van der Waals surface area contributed by atoms with E-state index in [1.54, 1.807) is 18.3 Å². The highest BCUT2D eigenvalue weighted by molar-refractivity contribution is 5.60. The van der Waals surface area contributed by atoms with E-state index >= 15 is 4.39 Å². The molecule has 0 radical (unpaired) electrons. The van der Waals surface area contributed by atoms with Gasteiger partial charge in [0.1, 0.15) is 5.69 Å². The molecule has 0 aliphatic carbocycles. The average Bonchev–Trinajstić information content (AvgIpc) is 2.73. The topological polar surface area (TPSA) is 107 Å². The molecule has 0 saturated carbocycles. The van der Waals surface area contributed by atoms with Crippen LogP contribution in [0.5, 0.6) is 0 Å². The Morgan fingerprint density at radius 2 is 2.14 bits per heavy atom.